The maximum atomic E-state index is 13.3. The molecule has 1 aromatic heterocycles. The third-order valence-corrected chi connectivity index (χ3v) is 7.55. The molecule has 0 aliphatic heterocycles. The molecule has 190 valence electrons. The first kappa shape index (κ1) is 28.4. The van der Waals surface area contributed by atoms with Gasteiger partial charge in [-0.15, -0.1) is 0 Å². The first-order valence-corrected chi connectivity index (χ1v) is 12.7. The van der Waals surface area contributed by atoms with Crippen molar-refractivity contribution in [3.8, 4) is 0 Å². The number of alkyl halides is 3. The lowest BCUT2D eigenvalue weighted by atomic mass is 10.1. The number of carbonyl (C=O) groups excluding carboxylic acids is 1. The Morgan fingerprint density at radius 3 is 2.26 bits per heavy atom. The van der Waals surface area contributed by atoms with Crippen LogP contribution >= 0.6 is 11.6 Å². The van der Waals surface area contributed by atoms with Crippen molar-refractivity contribution >= 4 is 45.1 Å². The van der Waals surface area contributed by atoms with Gasteiger partial charge >= 0.3 is 6.18 Å². The molecule has 1 N–H and O–H groups in total. The number of hydrogen-bond acceptors (Lipinski definition) is 4. The van der Waals surface area contributed by atoms with E-state index in [-0.39, 0.29) is 34.2 Å². The zero-order valence-electron chi connectivity index (χ0n) is 20.0. The molecule has 2 aromatic rings. The molecule has 0 fully saturated rings. The van der Waals surface area contributed by atoms with E-state index in [9.17, 15) is 26.4 Å². The predicted molar refractivity (Wildman–Crippen MR) is 133 cm³/mol. The monoisotopic (exact) mass is 529 g/mol. The minimum absolute atomic E-state index is 0.0146. The lowest BCUT2D eigenvalue weighted by Gasteiger charge is -2.12. The van der Waals surface area contributed by atoms with Gasteiger partial charge in [-0.3, -0.25) is 4.79 Å². The largest absolute Gasteiger partial charge is 0.431 e. The molecule has 6 nitrogen and oxygen atoms in total. The molecule has 0 unspecified atom stereocenters. The van der Waals surface area contributed by atoms with Gasteiger partial charge in [-0.05, 0) is 55.7 Å². The maximum Gasteiger partial charge on any atom is 0.431 e. The fraction of sp³-hybridized carbons (Fsp3) is 0.333. The van der Waals surface area contributed by atoms with Crippen molar-refractivity contribution in [3.05, 3.63) is 68.7 Å². The van der Waals surface area contributed by atoms with Gasteiger partial charge in [0.15, 0.2) is 9.84 Å². The van der Waals surface area contributed by atoms with Crippen LogP contribution in [0.4, 0.5) is 13.2 Å². The van der Waals surface area contributed by atoms with Crippen LogP contribution < -0.4 is 5.32 Å². The third kappa shape index (κ3) is 6.64. The highest BCUT2D eigenvalue weighted by Gasteiger charge is 2.34. The number of aromatic nitrogens is 2. The molecule has 0 aliphatic carbocycles. The lowest BCUT2D eigenvalue weighted by molar-refractivity contribution is -0.116. The van der Waals surface area contributed by atoms with E-state index in [1.807, 2.05) is 0 Å². The van der Waals surface area contributed by atoms with Crippen LogP contribution in [0.15, 0.2) is 40.9 Å². The fourth-order valence-corrected chi connectivity index (χ4v) is 4.87. The molecule has 1 heterocycles. The Bertz CT molecular complexity index is 1290. The van der Waals surface area contributed by atoms with Crippen molar-refractivity contribution < 1.29 is 26.4 Å². The van der Waals surface area contributed by atoms with Crippen LogP contribution in [0, 0.1) is 0 Å². The highest BCUT2D eigenvalue weighted by molar-refractivity contribution is 7.95. The first-order chi connectivity index (χ1) is 16.3. The van der Waals surface area contributed by atoms with E-state index in [2.05, 4.69) is 4.98 Å². The quantitative estimate of drug-likeness (QED) is 0.341. The van der Waals surface area contributed by atoms with Crippen molar-refractivity contribution in [1.29, 1.82) is 0 Å². The van der Waals surface area contributed by atoms with E-state index in [4.69, 9.17) is 11.6 Å². The molecule has 1 aromatic carbocycles. The zero-order chi connectivity index (χ0) is 26.6. The summed E-state index contributed by atoms with van der Waals surface area (Å²) in [5, 5.41) is 2.20. The second kappa shape index (κ2) is 11.3. The number of hydrogen-bond donors (Lipinski definition) is 1. The molecular formula is C24H27ClF3N3O3S. The standard InChI is InChI=1S/C24H27ClF3N3O3S/c1-6-20-19(13-22(29-14-32)24(26,27)28)30-23(31(20)5)16(4)21(35(33,34)7-2)12-15(3)17-8-10-18(25)11-9-17/h8-14H,6-7H2,1-5H3,(H,29,32)/b15-12+,21-16-,22-13-. The van der Waals surface area contributed by atoms with Gasteiger partial charge in [0.2, 0.25) is 6.41 Å². The van der Waals surface area contributed by atoms with Crippen molar-refractivity contribution in [2.75, 3.05) is 5.75 Å². The molecule has 1 amide bonds. The van der Waals surface area contributed by atoms with E-state index in [0.29, 0.717) is 22.7 Å². The minimum Gasteiger partial charge on any atom is -0.331 e. The van der Waals surface area contributed by atoms with Gasteiger partial charge in [0.05, 0.1) is 16.4 Å². The molecule has 0 saturated heterocycles. The lowest BCUT2D eigenvalue weighted by Crippen LogP contribution is -2.25. The number of carbonyl (C=O) groups is 1. The summed E-state index contributed by atoms with van der Waals surface area (Å²) in [5.74, 6) is 0.0246. The molecule has 0 spiro atoms. The zero-order valence-corrected chi connectivity index (χ0v) is 21.6. The molecule has 0 aliphatic rings. The maximum absolute atomic E-state index is 13.3. The van der Waals surface area contributed by atoms with Crippen molar-refractivity contribution in [3.63, 3.8) is 0 Å². The first-order valence-electron chi connectivity index (χ1n) is 10.7. The summed E-state index contributed by atoms with van der Waals surface area (Å²) in [7, 11) is -2.13. The van der Waals surface area contributed by atoms with E-state index in [1.54, 1.807) is 62.0 Å². The van der Waals surface area contributed by atoms with Gasteiger partial charge in [0.1, 0.15) is 11.5 Å². The smallest absolute Gasteiger partial charge is 0.331 e. The van der Waals surface area contributed by atoms with Gasteiger partial charge in [-0.1, -0.05) is 37.6 Å². The number of amides is 1. The van der Waals surface area contributed by atoms with Crippen LogP contribution in [0.5, 0.6) is 0 Å². The van der Waals surface area contributed by atoms with E-state index < -0.39 is 21.7 Å². The number of imidazole rings is 1. The number of benzene rings is 1. The van der Waals surface area contributed by atoms with Crippen molar-refractivity contribution in [1.82, 2.24) is 14.9 Å². The summed E-state index contributed by atoms with van der Waals surface area (Å²) in [6.07, 6.45) is -2.26. The third-order valence-electron chi connectivity index (χ3n) is 5.45. The number of nitrogens with one attached hydrogen (secondary N) is 1. The average Bonchev–Trinajstić information content (AvgIpc) is 3.11. The summed E-state index contributed by atoms with van der Waals surface area (Å²) >= 11 is 5.95. The topological polar surface area (TPSA) is 81.1 Å². The highest BCUT2D eigenvalue weighted by atomic mass is 35.5. The highest BCUT2D eigenvalue weighted by Crippen LogP contribution is 2.30. The molecule has 0 saturated carbocycles. The Balaban J connectivity index is 2.79. The summed E-state index contributed by atoms with van der Waals surface area (Å²) in [6, 6.07) is 6.90. The van der Waals surface area contributed by atoms with Gasteiger partial charge in [-0.2, -0.15) is 13.2 Å². The predicted octanol–water partition coefficient (Wildman–Crippen LogP) is 5.55. The van der Waals surface area contributed by atoms with E-state index >= 15 is 0 Å². The van der Waals surface area contributed by atoms with Gasteiger partial charge in [0, 0.05) is 23.3 Å². The van der Waals surface area contributed by atoms with Gasteiger partial charge in [-0.25, -0.2) is 13.4 Å². The van der Waals surface area contributed by atoms with Gasteiger partial charge < -0.3 is 9.88 Å². The van der Waals surface area contributed by atoms with Crippen LogP contribution in [0.2, 0.25) is 5.02 Å². The second-order valence-electron chi connectivity index (χ2n) is 7.72. The molecule has 0 bridgehead atoms. The Kier molecular flexibility index (Phi) is 9.13. The second-order valence-corrected chi connectivity index (χ2v) is 10.4. The molecule has 0 atom stereocenters. The SMILES string of the molecule is CCc1c(/C=C(\NC=O)C(F)(F)F)nc(/C(C)=C(/C=C(\C)c2ccc(Cl)cc2)S(=O)(=O)CC)n1C. The van der Waals surface area contributed by atoms with E-state index in [1.165, 1.54) is 13.0 Å². The Morgan fingerprint density at radius 1 is 1.17 bits per heavy atom. The van der Waals surface area contributed by atoms with Crippen LogP contribution in [-0.4, -0.2) is 36.3 Å². The van der Waals surface area contributed by atoms with Crippen LogP contribution in [0.1, 0.15) is 50.5 Å². The average molecular weight is 530 g/mol. The summed E-state index contributed by atoms with van der Waals surface area (Å²) in [6.45, 7) is 6.58. The summed E-state index contributed by atoms with van der Waals surface area (Å²) in [5.41, 5.74) is 0.867. The Labute approximate surface area is 208 Å². The number of sulfone groups is 1. The van der Waals surface area contributed by atoms with Crippen LogP contribution in [0.25, 0.3) is 17.2 Å². The Hall–Kier alpha value is -2.85. The molecule has 11 heteroatoms. The summed E-state index contributed by atoms with van der Waals surface area (Å²) < 4.78 is 67.6. The molecule has 2 rings (SSSR count). The fourth-order valence-electron chi connectivity index (χ4n) is 3.52. The Morgan fingerprint density at radius 2 is 1.77 bits per heavy atom. The number of rotatable bonds is 9. The van der Waals surface area contributed by atoms with Gasteiger partial charge in [0.25, 0.3) is 0 Å². The molecular weight excluding hydrogens is 503 g/mol. The van der Waals surface area contributed by atoms with Crippen LogP contribution in [-0.2, 0) is 28.1 Å². The van der Waals surface area contributed by atoms with Crippen LogP contribution in [0.3, 0.4) is 0 Å². The summed E-state index contributed by atoms with van der Waals surface area (Å²) in [4.78, 5) is 15.0. The molecule has 0 radical (unpaired) electrons. The van der Waals surface area contributed by atoms with E-state index in [0.717, 1.165) is 11.6 Å². The number of nitrogens with zero attached hydrogens (tertiary/aromatic N) is 2. The number of halogens is 4. The molecule has 35 heavy (non-hydrogen) atoms. The normalized spacial score (nSPS) is 14.1. The minimum atomic E-state index is -4.80. The van der Waals surface area contributed by atoms with Crippen molar-refractivity contribution in [2.24, 2.45) is 7.05 Å². The number of allylic oxidation sites excluding steroid dienone is 4. The van der Waals surface area contributed by atoms with Crippen molar-refractivity contribution in [2.45, 2.75) is 40.3 Å².